The molecule has 0 aromatic heterocycles. The maximum Gasteiger partial charge on any atom is 0.186 e. The Morgan fingerprint density at radius 3 is 2.22 bits per heavy atom. The number of rotatable bonds is 7. The third kappa shape index (κ3) is 5.48. The zero-order chi connectivity index (χ0) is 33.5. The molecule has 1 heterocycles. The fourth-order valence-electron chi connectivity index (χ4n) is 11.9. The molecule has 45 heavy (non-hydrogen) atoms. The average molecular weight is 639 g/mol. The minimum absolute atomic E-state index is 0.0548. The first-order valence-corrected chi connectivity index (χ1v) is 17.4. The molecule has 1 aliphatic heterocycles. The minimum atomic E-state index is -1.54. The van der Waals surface area contributed by atoms with Crippen LogP contribution >= 0.6 is 0 Å². The van der Waals surface area contributed by atoms with E-state index in [1.165, 1.54) is 5.57 Å². The van der Waals surface area contributed by atoms with Gasteiger partial charge < -0.3 is 45.2 Å². The third-order valence-corrected chi connectivity index (χ3v) is 14.4. The molecule has 5 aliphatic rings. The van der Waals surface area contributed by atoms with Crippen LogP contribution in [0.15, 0.2) is 11.6 Å². The van der Waals surface area contributed by atoms with Crippen molar-refractivity contribution in [3.05, 3.63) is 11.6 Å². The molecule has 5 rings (SSSR count). The largest absolute Gasteiger partial charge is 0.394 e. The van der Waals surface area contributed by atoms with Gasteiger partial charge in [0.1, 0.15) is 24.4 Å². The molecule has 0 aromatic rings. The van der Waals surface area contributed by atoms with E-state index in [0.717, 1.165) is 25.7 Å². The smallest absolute Gasteiger partial charge is 0.186 e. The molecule has 0 spiro atoms. The molecule has 7 N–H and O–H groups in total. The van der Waals surface area contributed by atoms with Gasteiger partial charge in [0.2, 0.25) is 0 Å². The summed E-state index contributed by atoms with van der Waals surface area (Å²) >= 11 is 0. The van der Waals surface area contributed by atoms with Crippen LogP contribution < -0.4 is 0 Å². The Hall–Kier alpha value is -0.620. The standard InChI is InChI=1S/C36H62O9/c1-19(2)10-9-13-36(8,43)20-11-15-34(6)26(20)21(38)16-24-33(5)14-12-25(39)32(3,4)30(33)22(17-35(24,34)7)44-31-29(42)28(41)27(40)23(18-37)45-31/h10,20-31,37-43H,9,11-18H2,1-8H3/t20-,21+,22-,23+,24+,25-,26-,27+,28-,29+,30?,31+,33+,34?,35+,36-/m0/s1. The minimum Gasteiger partial charge on any atom is -0.394 e. The first-order chi connectivity index (χ1) is 20.8. The van der Waals surface area contributed by atoms with E-state index in [-0.39, 0.29) is 39.9 Å². The van der Waals surface area contributed by atoms with Crippen LogP contribution in [-0.2, 0) is 9.47 Å². The van der Waals surface area contributed by atoms with Crippen molar-refractivity contribution in [1.29, 1.82) is 0 Å². The van der Waals surface area contributed by atoms with E-state index in [2.05, 4.69) is 54.5 Å². The molecule has 0 amide bonds. The quantitative estimate of drug-likeness (QED) is 0.164. The number of hydrogen-bond acceptors (Lipinski definition) is 9. The van der Waals surface area contributed by atoms with Gasteiger partial charge >= 0.3 is 0 Å². The van der Waals surface area contributed by atoms with E-state index in [4.69, 9.17) is 9.47 Å². The fraction of sp³-hybridized carbons (Fsp3) is 0.944. The van der Waals surface area contributed by atoms with Crippen molar-refractivity contribution < 1.29 is 45.2 Å². The summed E-state index contributed by atoms with van der Waals surface area (Å²) in [6.07, 6.45) is -0.603. The van der Waals surface area contributed by atoms with Crippen molar-refractivity contribution >= 4 is 0 Å². The molecule has 0 bridgehead atoms. The van der Waals surface area contributed by atoms with Crippen molar-refractivity contribution in [2.45, 2.75) is 161 Å². The predicted octanol–water partition coefficient (Wildman–Crippen LogP) is 3.30. The summed E-state index contributed by atoms with van der Waals surface area (Å²) in [6.45, 7) is 16.6. The van der Waals surface area contributed by atoms with Gasteiger partial charge in [-0.2, -0.15) is 0 Å². The highest BCUT2D eigenvalue weighted by Crippen LogP contribution is 2.76. The van der Waals surface area contributed by atoms with Gasteiger partial charge in [-0.1, -0.05) is 46.3 Å². The van der Waals surface area contributed by atoms with E-state index in [9.17, 15) is 35.7 Å². The number of hydrogen-bond donors (Lipinski definition) is 7. The van der Waals surface area contributed by atoms with Gasteiger partial charge in [-0.05, 0) is 117 Å². The number of fused-ring (bicyclic) bond motifs is 5. The maximum atomic E-state index is 12.1. The molecule has 9 heteroatoms. The lowest BCUT2D eigenvalue weighted by atomic mass is 9.34. The van der Waals surface area contributed by atoms with Gasteiger partial charge in [0.05, 0.1) is 30.5 Å². The normalized spacial score (nSPS) is 52.2. The van der Waals surface area contributed by atoms with Crippen molar-refractivity contribution in [2.24, 2.45) is 45.3 Å². The molecular formula is C36H62O9. The highest BCUT2D eigenvalue weighted by atomic mass is 16.7. The van der Waals surface area contributed by atoms with E-state index in [1.807, 2.05) is 6.92 Å². The molecule has 1 saturated heterocycles. The molecule has 2 unspecified atom stereocenters. The Kier molecular flexibility index (Phi) is 9.56. The maximum absolute atomic E-state index is 12.1. The summed E-state index contributed by atoms with van der Waals surface area (Å²) in [5, 5.41) is 77.2. The van der Waals surface area contributed by atoms with Crippen molar-refractivity contribution in [1.82, 2.24) is 0 Å². The van der Waals surface area contributed by atoms with Gasteiger partial charge in [-0.15, -0.1) is 0 Å². The molecule has 4 aliphatic carbocycles. The Morgan fingerprint density at radius 1 is 0.933 bits per heavy atom. The molecule has 4 saturated carbocycles. The summed E-state index contributed by atoms with van der Waals surface area (Å²) < 4.78 is 12.6. The highest BCUT2D eigenvalue weighted by Gasteiger charge is 2.73. The van der Waals surface area contributed by atoms with Crippen LogP contribution in [0, 0.1) is 45.3 Å². The monoisotopic (exact) mass is 638 g/mol. The van der Waals surface area contributed by atoms with Crippen LogP contribution in [0.1, 0.15) is 107 Å². The summed E-state index contributed by atoms with van der Waals surface area (Å²) in [6, 6.07) is 0. The van der Waals surface area contributed by atoms with E-state index < -0.39 is 66.6 Å². The van der Waals surface area contributed by atoms with Crippen LogP contribution in [0.25, 0.3) is 0 Å². The number of aliphatic hydroxyl groups is 7. The summed E-state index contributed by atoms with van der Waals surface area (Å²) in [5.74, 6) is -0.186. The second-order valence-corrected chi connectivity index (χ2v) is 17.5. The van der Waals surface area contributed by atoms with Gasteiger partial charge in [-0.25, -0.2) is 0 Å². The van der Waals surface area contributed by atoms with Crippen LogP contribution in [0.4, 0.5) is 0 Å². The zero-order valence-corrected chi connectivity index (χ0v) is 28.8. The zero-order valence-electron chi connectivity index (χ0n) is 28.8. The molecule has 16 atom stereocenters. The SMILES string of the molecule is CC(C)=CCC[C@](C)(O)[C@H]1CCC2(C)[C@@H]1[C@H](O)C[C@@H]1[C@@]3(C)CC[C@H](O)C(C)(C)C3[C@@H](O[C@@H]3O[C@H](CO)[C@@H](O)[C@H](O)[C@H]3O)C[C@]12C. The van der Waals surface area contributed by atoms with Gasteiger partial charge in [0, 0.05) is 0 Å². The second-order valence-electron chi connectivity index (χ2n) is 17.5. The number of allylic oxidation sites excluding steroid dienone is 2. The highest BCUT2D eigenvalue weighted by molar-refractivity contribution is 5.22. The van der Waals surface area contributed by atoms with Crippen molar-refractivity contribution in [2.75, 3.05) is 6.61 Å². The molecule has 5 fully saturated rings. The van der Waals surface area contributed by atoms with Crippen molar-refractivity contribution in [3.8, 4) is 0 Å². The molecule has 9 nitrogen and oxygen atoms in total. The Bertz CT molecular complexity index is 1100. The number of ether oxygens (including phenoxy) is 2. The summed E-state index contributed by atoms with van der Waals surface area (Å²) in [4.78, 5) is 0. The average Bonchev–Trinajstić information content (AvgIpc) is 3.33. The van der Waals surface area contributed by atoms with Gasteiger partial charge in [0.25, 0.3) is 0 Å². The topological polar surface area (TPSA) is 160 Å². The lowest BCUT2D eigenvalue weighted by Gasteiger charge is -2.72. The fourth-order valence-corrected chi connectivity index (χ4v) is 11.9. The third-order valence-electron chi connectivity index (χ3n) is 14.4. The first kappa shape index (κ1) is 35.7. The van der Waals surface area contributed by atoms with E-state index >= 15 is 0 Å². The molecular weight excluding hydrogens is 576 g/mol. The van der Waals surface area contributed by atoms with Gasteiger partial charge in [-0.3, -0.25) is 0 Å². The number of aliphatic hydroxyl groups excluding tert-OH is 6. The Balaban J connectivity index is 1.54. The molecule has 0 radical (unpaired) electrons. The second kappa shape index (κ2) is 12.1. The Morgan fingerprint density at radius 2 is 1.60 bits per heavy atom. The van der Waals surface area contributed by atoms with Crippen LogP contribution in [0.5, 0.6) is 0 Å². The summed E-state index contributed by atoms with van der Waals surface area (Å²) in [5.41, 5.74) is -1.21. The van der Waals surface area contributed by atoms with Crippen LogP contribution in [-0.4, -0.2) is 97.0 Å². The van der Waals surface area contributed by atoms with Crippen LogP contribution in [0.2, 0.25) is 0 Å². The Labute approximate surface area is 270 Å². The molecule has 0 aromatic carbocycles. The van der Waals surface area contributed by atoms with Crippen molar-refractivity contribution in [3.63, 3.8) is 0 Å². The summed E-state index contributed by atoms with van der Waals surface area (Å²) in [7, 11) is 0. The lowest BCUT2D eigenvalue weighted by molar-refractivity contribution is -0.346. The molecule has 260 valence electrons. The predicted molar refractivity (Wildman–Crippen MR) is 170 cm³/mol. The van der Waals surface area contributed by atoms with Crippen LogP contribution in [0.3, 0.4) is 0 Å². The first-order valence-electron chi connectivity index (χ1n) is 17.4. The van der Waals surface area contributed by atoms with E-state index in [1.54, 1.807) is 0 Å². The lowest BCUT2D eigenvalue weighted by Crippen LogP contribution is -2.71. The van der Waals surface area contributed by atoms with E-state index in [0.29, 0.717) is 25.7 Å². The van der Waals surface area contributed by atoms with Gasteiger partial charge in [0.15, 0.2) is 6.29 Å².